The zero-order valence-corrected chi connectivity index (χ0v) is 19.6. The van der Waals surface area contributed by atoms with Crippen molar-refractivity contribution in [1.29, 1.82) is 0 Å². The summed E-state index contributed by atoms with van der Waals surface area (Å²) in [5, 5.41) is 9.73. The van der Waals surface area contributed by atoms with E-state index in [2.05, 4.69) is 20.8 Å². The number of methoxy groups -OCH3 is 1. The number of carbonyl (C=O) groups is 2. The molecule has 1 heterocycles. The van der Waals surface area contributed by atoms with Gasteiger partial charge in [-0.15, -0.1) is 0 Å². The van der Waals surface area contributed by atoms with E-state index >= 15 is 0 Å². The Balaban J connectivity index is 2.03. The van der Waals surface area contributed by atoms with E-state index in [0.29, 0.717) is 5.75 Å². The minimum Gasteiger partial charge on any atom is -0.491 e. The summed E-state index contributed by atoms with van der Waals surface area (Å²) < 4.78 is 21.2. The molecule has 10 heteroatoms. The average molecular weight is 449 g/mol. The van der Waals surface area contributed by atoms with Crippen LogP contribution in [0.5, 0.6) is 5.75 Å². The van der Waals surface area contributed by atoms with Crippen LogP contribution in [-0.2, 0) is 26.4 Å². The molecule has 1 aromatic carbocycles. The summed E-state index contributed by atoms with van der Waals surface area (Å²) in [5.41, 5.74) is -2.73. The summed E-state index contributed by atoms with van der Waals surface area (Å²) in [4.78, 5) is 28.8. The standard InChI is InChI=1S/C22H32N4O6/c1-20(2,3)31-19(28)25-21(4,5)17-24-16(32-26-17)13-23-22(6,18(27)29-7)14-30-15-11-9-8-10-12-15/h8-12,23H,13-14H2,1-7H3,(H,25,28). The number of rotatable bonds is 9. The van der Waals surface area contributed by atoms with E-state index < -0.39 is 28.7 Å². The first-order valence-electron chi connectivity index (χ1n) is 10.2. The van der Waals surface area contributed by atoms with E-state index in [1.165, 1.54) is 7.11 Å². The lowest BCUT2D eigenvalue weighted by molar-refractivity contribution is -0.149. The molecule has 0 saturated carbocycles. The first-order chi connectivity index (χ1) is 14.8. The maximum absolute atomic E-state index is 12.4. The second-order valence-electron chi connectivity index (χ2n) is 9.04. The van der Waals surface area contributed by atoms with Crippen molar-refractivity contribution in [2.24, 2.45) is 0 Å². The molecule has 32 heavy (non-hydrogen) atoms. The number of alkyl carbamates (subject to hydrolysis) is 1. The highest BCUT2D eigenvalue weighted by Gasteiger charge is 2.36. The van der Waals surface area contributed by atoms with Gasteiger partial charge in [-0.05, 0) is 53.7 Å². The van der Waals surface area contributed by atoms with Crippen molar-refractivity contribution in [2.75, 3.05) is 13.7 Å². The Hall–Kier alpha value is -3.14. The van der Waals surface area contributed by atoms with Gasteiger partial charge in [-0.1, -0.05) is 23.4 Å². The van der Waals surface area contributed by atoms with Crippen LogP contribution < -0.4 is 15.4 Å². The van der Waals surface area contributed by atoms with Crippen molar-refractivity contribution >= 4 is 12.1 Å². The first kappa shape index (κ1) is 25.1. The van der Waals surface area contributed by atoms with Crippen molar-refractivity contribution in [2.45, 2.75) is 64.8 Å². The third-order valence-electron chi connectivity index (χ3n) is 4.38. The van der Waals surface area contributed by atoms with Crippen molar-refractivity contribution in [3.05, 3.63) is 42.0 Å². The second-order valence-corrected chi connectivity index (χ2v) is 9.04. The van der Waals surface area contributed by atoms with Gasteiger partial charge in [-0.3, -0.25) is 5.32 Å². The maximum atomic E-state index is 12.4. The van der Waals surface area contributed by atoms with E-state index in [1.807, 2.05) is 18.2 Å². The third-order valence-corrected chi connectivity index (χ3v) is 4.38. The highest BCUT2D eigenvalue weighted by Crippen LogP contribution is 2.19. The predicted molar refractivity (Wildman–Crippen MR) is 116 cm³/mol. The van der Waals surface area contributed by atoms with Crippen LogP contribution in [0.25, 0.3) is 0 Å². The highest BCUT2D eigenvalue weighted by molar-refractivity contribution is 5.80. The maximum Gasteiger partial charge on any atom is 0.408 e. The van der Waals surface area contributed by atoms with Crippen LogP contribution in [-0.4, -0.2) is 47.1 Å². The molecule has 1 unspecified atom stereocenters. The molecule has 0 bridgehead atoms. The number of para-hydroxylation sites is 1. The number of benzene rings is 1. The number of hydrogen-bond acceptors (Lipinski definition) is 9. The molecule has 0 aliphatic rings. The molecule has 0 spiro atoms. The Morgan fingerprint density at radius 2 is 1.72 bits per heavy atom. The molecule has 2 N–H and O–H groups in total. The number of amides is 1. The SMILES string of the molecule is COC(=O)C(C)(COc1ccccc1)NCc1nc(C(C)(C)NC(=O)OC(C)(C)C)no1. The van der Waals surface area contributed by atoms with Gasteiger partial charge in [0.25, 0.3) is 0 Å². The molecule has 0 fully saturated rings. The molecule has 2 rings (SSSR count). The first-order valence-corrected chi connectivity index (χ1v) is 10.2. The Kier molecular flexibility index (Phi) is 7.84. The molecule has 0 aliphatic heterocycles. The largest absolute Gasteiger partial charge is 0.491 e. The Morgan fingerprint density at radius 3 is 2.31 bits per heavy atom. The molecule has 10 nitrogen and oxygen atoms in total. The van der Waals surface area contributed by atoms with E-state index in [4.69, 9.17) is 18.7 Å². The molecule has 0 radical (unpaired) electrons. The minimum atomic E-state index is -1.16. The quantitative estimate of drug-likeness (QED) is 0.557. The zero-order valence-electron chi connectivity index (χ0n) is 19.6. The fraction of sp³-hybridized carbons (Fsp3) is 0.545. The molecular weight excluding hydrogens is 416 g/mol. The average Bonchev–Trinajstić information content (AvgIpc) is 3.19. The normalized spacial score (nSPS) is 13.7. The van der Waals surface area contributed by atoms with Gasteiger partial charge in [0.05, 0.1) is 13.7 Å². The molecule has 0 aliphatic carbocycles. The lowest BCUT2D eigenvalue weighted by Crippen LogP contribution is -2.54. The van der Waals surface area contributed by atoms with Gasteiger partial charge in [-0.25, -0.2) is 9.59 Å². The van der Waals surface area contributed by atoms with Gasteiger partial charge in [0, 0.05) is 0 Å². The van der Waals surface area contributed by atoms with Crippen molar-refractivity contribution < 1.29 is 28.3 Å². The highest BCUT2D eigenvalue weighted by atomic mass is 16.6. The topological polar surface area (TPSA) is 125 Å². The summed E-state index contributed by atoms with van der Waals surface area (Å²) in [6, 6.07) is 9.14. The number of ether oxygens (including phenoxy) is 3. The number of nitrogens with zero attached hydrogens (tertiary/aromatic N) is 2. The fourth-order valence-electron chi connectivity index (χ4n) is 2.62. The summed E-state index contributed by atoms with van der Waals surface area (Å²) in [6.07, 6.45) is -0.594. The molecule has 0 saturated heterocycles. The Bertz CT molecular complexity index is 907. The summed E-state index contributed by atoms with van der Waals surface area (Å²) in [6.45, 7) is 10.5. The number of hydrogen-bond donors (Lipinski definition) is 2. The monoisotopic (exact) mass is 448 g/mol. The van der Waals surface area contributed by atoms with Gasteiger partial charge < -0.3 is 24.1 Å². The van der Waals surface area contributed by atoms with Crippen LogP contribution in [0, 0.1) is 0 Å². The molecule has 2 aromatic rings. The lowest BCUT2D eigenvalue weighted by atomic mass is 10.0. The molecule has 176 valence electrons. The predicted octanol–water partition coefficient (Wildman–Crippen LogP) is 2.93. The van der Waals surface area contributed by atoms with Crippen LogP contribution in [0.1, 0.15) is 53.3 Å². The molecule has 1 aromatic heterocycles. The van der Waals surface area contributed by atoms with Crippen LogP contribution in [0.2, 0.25) is 0 Å². The summed E-state index contributed by atoms with van der Waals surface area (Å²) >= 11 is 0. The van der Waals surface area contributed by atoms with E-state index in [9.17, 15) is 9.59 Å². The van der Waals surface area contributed by atoms with Gasteiger partial charge in [0.1, 0.15) is 29.0 Å². The number of nitrogens with one attached hydrogen (secondary N) is 2. The minimum absolute atomic E-state index is 0.0242. The van der Waals surface area contributed by atoms with E-state index in [1.54, 1.807) is 53.7 Å². The number of carbonyl (C=O) groups excluding carboxylic acids is 2. The smallest absolute Gasteiger partial charge is 0.408 e. The molecular formula is C22H32N4O6. The zero-order chi connectivity index (χ0) is 24.0. The summed E-state index contributed by atoms with van der Waals surface area (Å²) in [5.74, 6) is 0.619. The van der Waals surface area contributed by atoms with E-state index in [-0.39, 0.29) is 24.9 Å². The molecule has 1 amide bonds. The lowest BCUT2D eigenvalue weighted by Gasteiger charge is -2.27. The number of esters is 1. The second kappa shape index (κ2) is 9.99. The molecule has 1 atom stereocenters. The van der Waals surface area contributed by atoms with Crippen molar-refractivity contribution in [1.82, 2.24) is 20.8 Å². The van der Waals surface area contributed by atoms with Gasteiger partial charge >= 0.3 is 12.1 Å². The third kappa shape index (κ3) is 7.23. The van der Waals surface area contributed by atoms with Gasteiger partial charge in [-0.2, -0.15) is 4.98 Å². The van der Waals surface area contributed by atoms with Crippen LogP contribution >= 0.6 is 0 Å². The number of aromatic nitrogens is 2. The van der Waals surface area contributed by atoms with Crippen LogP contribution in [0.15, 0.2) is 34.9 Å². The van der Waals surface area contributed by atoms with Crippen LogP contribution in [0.4, 0.5) is 4.79 Å². The fourth-order valence-corrected chi connectivity index (χ4v) is 2.62. The van der Waals surface area contributed by atoms with Crippen molar-refractivity contribution in [3.63, 3.8) is 0 Å². The Labute approximate surface area is 188 Å². The van der Waals surface area contributed by atoms with Gasteiger partial charge in [0.2, 0.25) is 5.89 Å². The Morgan fingerprint density at radius 1 is 1.06 bits per heavy atom. The van der Waals surface area contributed by atoms with Crippen molar-refractivity contribution in [3.8, 4) is 5.75 Å². The van der Waals surface area contributed by atoms with Crippen LogP contribution in [0.3, 0.4) is 0 Å². The van der Waals surface area contributed by atoms with E-state index in [0.717, 1.165) is 0 Å². The van der Waals surface area contributed by atoms with Gasteiger partial charge in [0.15, 0.2) is 5.82 Å². The summed E-state index contributed by atoms with van der Waals surface area (Å²) in [7, 11) is 1.31.